The molecule has 1 aliphatic rings. The van der Waals surface area contributed by atoms with Gasteiger partial charge in [-0.3, -0.25) is 4.79 Å². The van der Waals surface area contributed by atoms with Crippen molar-refractivity contribution in [1.29, 1.82) is 0 Å². The molecule has 10 nitrogen and oxygen atoms in total. The van der Waals surface area contributed by atoms with Crippen molar-refractivity contribution in [3.63, 3.8) is 0 Å². The topological polar surface area (TPSA) is 172 Å². The number of amides is 1. The maximum absolute atomic E-state index is 11.7. The highest BCUT2D eigenvalue weighted by Crippen LogP contribution is 2.33. The highest BCUT2D eigenvalue weighted by atomic mass is 16.7. The lowest BCUT2D eigenvalue weighted by molar-refractivity contribution is -0.293. The molecule has 0 radical (unpaired) electrons. The van der Waals surface area contributed by atoms with Gasteiger partial charge < -0.3 is 46.0 Å². The van der Waals surface area contributed by atoms with E-state index in [0.717, 1.165) is 0 Å². The largest absolute Gasteiger partial charge is 0.507 e. The number of ether oxygens (including phenoxy) is 1. The number of carbonyl (C=O) groups is 1. The van der Waals surface area contributed by atoms with Gasteiger partial charge in [0.2, 0.25) is 11.7 Å². The van der Waals surface area contributed by atoms with E-state index in [1.165, 1.54) is 7.05 Å². The predicted molar refractivity (Wildman–Crippen MR) is 77.2 cm³/mol. The van der Waals surface area contributed by atoms with Crippen molar-refractivity contribution in [2.24, 2.45) is 0 Å². The molecule has 1 heterocycles. The van der Waals surface area contributed by atoms with Gasteiger partial charge >= 0.3 is 0 Å². The van der Waals surface area contributed by atoms with Crippen LogP contribution in [0.3, 0.4) is 0 Å². The summed E-state index contributed by atoms with van der Waals surface area (Å²) < 4.78 is 5.17. The molecular formula is C13H24N2O8. The molecule has 0 saturated carbocycles. The van der Waals surface area contributed by atoms with Crippen LogP contribution in [0, 0.1) is 0 Å². The van der Waals surface area contributed by atoms with Gasteiger partial charge in [-0.25, -0.2) is 0 Å². The SMILES string of the molecule is C=C(O)C1(O)CC(O)C(NC(=O)CNC)C([C@H](O)[C@H](O)CO)O1. The average molecular weight is 336 g/mol. The summed E-state index contributed by atoms with van der Waals surface area (Å²) in [5, 5.41) is 63.3. The van der Waals surface area contributed by atoms with Crippen LogP contribution in [0.5, 0.6) is 0 Å². The third-order valence-corrected chi connectivity index (χ3v) is 3.62. The number of carbonyl (C=O) groups excluding carboxylic acids is 1. The van der Waals surface area contributed by atoms with E-state index in [0.29, 0.717) is 0 Å². The van der Waals surface area contributed by atoms with Crippen LogP contribution in [0.4, 0.5) is 0 Å². The Hall–Kier alpha value is -1.27. The highest BCUT2D eigenvalue weighted by Gasteiger charge is 2.51. The molecule has 1 fully saturated rings. The molecule has 0 aromatic rings. The predicted octanol–water partition coefficient (Wildman–Crippen LogP) is -3.69. The minimum atomic E-state index is -2.36. The molecule has 134 valence electrons. The van der Waals surface area contributed by atoms with Crippen molar-refractivity contribution in [3.8, 4) is 0 Å². The zero-order valence-electron chi connectivity index (χ0n) is 12.7. The summed E-state index contributed by atoms with van der Waals surface area (Å²) >= 11 is 0. The number of nitrogens with one attached hydrogen (secondary N) is 2. The zero-order chi connectivity index (χ0) is 17.8. The number of hydrogen-bond acceptors (Lipinski definition) is 9. The fourth-order valence-corrected chi connectivity index (χ4v) is 2.35. The maximum atomic E-state index is 11.7. The number of likely N-dealkylation sites (N-methyl/N-ethyl adjacent to an activating group) is 1. The van der Waals surface area contributed by atoms with Crippen LogP contribution in [0.15, 0.2) is 12.3 Å². The highest BCUT2D eigenvalue weighted by molar-refractivity contribution is 5.78. The van der Waals surface area contributed by atoms with Gasteiger partial charge in [0.25, 0.3) is 0 Å². The molecule has 0 aliphatic carbocycles. The van der Waals surface area contributed by atoms with Crippen LogP contribution < -0.4 is 10.6 Å². The van der Waals surface area contributed by atoms with Crippen molar-refractivity contribution < 1.29 is 40.2 Å². The van der Waals surface area contributed by atoms with Crippen molar-refractivity contribution in [1.82, 2.24) is 10.6 Å². The Morgan fingerprint density at radius 3 is 2.57 bits per heavy atom. The second-order valence-corrected chi connectivity index (χ2v) is 5.45. The minimum absolute atomic E-state index is 0.0778. The molecular weight excluding hydrogens is 312 g/mol. The monoisotopic (exact) mass is 336 g/mol. The average Bonchev–Trinajstić information content (AvgIpc) is 2.48. The van der Waals surface area contributed by atoms with E-state index in [2.05, 4.69) is 17.2 Å². The second kappa shape index (κ2) is 8.02. The van der Waals surface area contributed by atoms with E-state index >= 15 is 0 Å². The molecule has 10 heteroatoms. The van der Waals surface area contributed by atoms with Crippen LogP contribution >= 0.6 is 0 Å². The van der Waals surface area contributed by atoms with Gasteiger partial charge in [0, 0.05) is 6.42 Å². The molecule has 0 spiro atoms. The van der Waals surface area contributed by atoms with Gasteiger partial charge in [0.1, 0.15) is 24.1 Å². The summed E-state index contributed by atoms with van der Waals surface area (Å²) in [6.07, 6.45) is -6.82. The van der Waals surface area contributed by atoms with Gasteiger partial charge in [0.15, 0.2) is 0 Å². The third-order valence-electron chi connectivity index (χ3n) is 3.62. The van der Waals surface area contributed by atoms with E-state index in [4.69, 9.17) is 9.84 Å². The molecule has 0 bridgehead atoms. The molecule has 1 aliphatic heterocycles. The van der Waals surface area contributed by atoms with Crippen LogP contribution in [-0.2, 0) is 9.53 Å². The summed E-state index contributed by atoms with van der Waals surface area (Å²) in [5.41, 5.74) is 0. The van der Waals surface area contributed by atoms with E-state index in [1.807, 2.05) is 0 Å². The summed E-state index contributed by atoms with van der Waals surface area (Å²) in [7, 11) is 1.53. The van der Waals surface area contributed by atoms with Crippen molar-refractivity contribution in [2.75, 3.05) is 20.2 Å². The fraction of sp³-hybridized carbons (Fsp3) is 0.769. The minimum Gasteiger partial charge on any atom is -0.507 e. The summed E-state index contributed by atoms with van der Waals surface area (Å²) in [6, 6.07) is -1.19. The van der Waals surface area contributed by atoms with E-state index < -0.39 is 60.9 Å². The molecule has 23 heavy (non-hydrogen) atoms. The Balaban J connectivity index is 3.04. The van der Waals surface area contributed by atoms with Crippen molar-refractivity contribution >= 4 is 5.91 Å². The van der Waals surface area contributed by atoms with E-state index in [1.54, 1.807) is 0 Å². The van der Waals surface area contributed by atoms with Crippen LogP contribution in [0.25, 0.3) is 0 Å². The zero-order valence-corrected chi connectivity index (χ0v) is 12.7. The second-order valence-electron chi connectivity index (χ2n) is 5.45. The Kier molecular flexibility index (Phi) is 6.89. The van der Waals surface area contributed by atoms with Gasteiger partial charge in [-0.2, -0.15) is 0 Å². The van der Waals surface area contributed by atoms with Crippen LogP contribution in [-0.4, -0.2) is 93.0 Å². The van der Waals surface area contributed by atoms with Crippen LogP contribution in [0.2, 0.25) is 0 Å². The molecule has 4 unspecified atom stereocenters. The molecule has 8 N–H and O–H groups in total. The molecule has 6 atom stereocenters. The Morgan fingerprint density at radius 1 is 1.48 bits per heavy atom. The molecule has 0 aromatic carbocycles. The van der Waals surface area contributed by atoms with Gasteiger partial charge in [0.05, 0.1) is 25.3 Å². The Bertz CT molecular complexity index is 434. The standard InChI is InChI=1S/C13H24N2O8/c1-6(17)13(22)3-7(18)10(15-9(20)4-14-2)12(23-13)11(21)8(19)5-16/h7-8,10-12,14,16-19,21-22H,1,3-5H2,2H3,(H,15,20)/t7?,8-,10?,11-,12?,13?/m1/s1. The lowest BCUT2D eigenvalue weighted by atomic mass is 9.88. The molecule has 1 amide bonds. The molecule has 1 rings (SSSR count). The lowest BCUT2D eigenvalue weighted by Gasteiger charge is -2.46. The van der Waals surface area contributed by atoms with E-state index in [9.17, 15) is 30.3 Å². The normalized spacial score (nSPS) is 33.7. The van der Waals surface area contributed by atoms with Gasteiger partial charge in [-0.15, -0.1) is 0 Å². The number of rotatable bonds is 7. The Labute approximate surface area is 133 Å². The van der Waals surface area contributed by atoms with Crippen molar-refractivity contribution in [3.05, 3.63) is 12.3 Å². The van der Waals surface area contributed by atoms with Gasteiger partial charge in [-0.05, 0) is 7.05 Å². The first-order valence-electron chi connectivity index (χ1n) is 7.03. The number of aliphatic hydroxyl groups is 6. The summed E-state index contributed by atoms with van der Waals surface area (Å²) in [6.45, 7) is 2.25. The maximum Gasteiger partial charge on any atom is 0.234 e. The summed E-state index contributed by atoms with van der Waals surface area (Å²) in [5.74, 6) is -3.68. The Morgan fingerprint density at radius 2 is 2.09 bits per heavy atom. The number of aliphatic hydroxyl groups excluding tert-OH is 5. The number of hydrogen-bond donors (Lipinski definition) is 8. The smallest absolute Gasteiger partial charge is 0.234 e. The lowest BCUT2D eigenvalue weighted by Crippen LogP contribution is -2.66. The fourth-order valence-electron chi connectivity index (χ4n) is 2.35. The summed E-state index contributed by atoms with van der Waals surface area (Å²) in [4.78, 5) is 11.7. The van der Waals surface area contributed by atoms with E-state index in [-0.39, 0.29) is 6.54 Å². The van der Waals surface area contributed by atoms with Crippen LogP contribution in [0.1, 0.15) is 6.42 Å². The quantitative estimate of drug-likeness (QED) is 0.218. The molecule has 1 saturated heterocycles. The first-order valence-corrected chi connectivity index (χ1v) is 7.03. The molecule has 0 aromatic heterocycles. The third kappa shape index (κ3) is 4.61. The van der Waals surface area contributed by atoms with Crippen molar-refractivity contribution in [2.45, 2.75) is 42.7 Å². The first kappa shape index (κ1) is 19.8. The first-order chi connectivity index (χ1) is 10.7. The van der Waals surface area contributed by atoms with Gasteiger partial charge in [-0.1, -0.05) is 6.58 Å².